The van der Waals surface area contributed by atoms with Gasteiger partial charge in [-0.15, -0.1) is 0 Å². The van der Waals surface area contributed by atoms with Gasteiger partial charge in [0.05, 0.1) is 0 Å². The van der Waals surface area contributed by atoms with Crippen LogP contribution in [0.4, 0.5) is 4.79 Å². The minimum atomic E-state index is -4.57. The Morgan fingerprint density at radius 3 is 2.45 bits per heavy atom. The summed E-state index contributed by atoms with van der Waals surface area (Å²) < 4.78 is 26.0. The number of aliphatic imine (C=N–C) groups is 1. The standard InChI is InChI=1S/C7H9ClN6O5S/c1-14-4(2(5(15)16)3(8)12-14)20(18,19)13-7(17)11-6(9)10/h1H3,(H,15,16)(H5,9,10,11,13,17). The van der Waals surface area contributed by atoms with Crippen LogP contribution in [0.25, 0.3) is 0 Å². The number of amides is 2. The number of hydrogen-bond acceptors (Lipinski definition) is 5. The zero-order valence-corrected chi connectivity index (χ0v) is 11.4. The van der Waals surface area contributed by atoms with Gasteiger partial charge in [0.15, 0.2) is 16.1 Å². The molecule has 0 spiro atoms. The Labute approximate surface area is 117 Å². The topological polar surface area (TPSA) is 183 Å². The average molecular weight is 325 g/mol. The van der Waals surface area contributed by atoms with Crippen molar-refractivity contribution in [2.45, 2.75) is 5.03 Å². The van der Waals surface area contributed by atoms with Crippen LogP contribution in [0.3, 0.4) is 0 Å². The van der Waals surface area contributed by atoms with E-state index in [9.17, 15) is 18.0 Å². The summed E-state index contributed by atoms with van der Waals surface area (Å²) in [6.45, 7) is 0. The minimum absolute atomic E-state index is 0.547. The third-order valence-corrected chi connectivity index (χ3v) is 3.56. The molecule has 0 bridgehead atoms. The van der Waals surface area contributed by atoms with Gasteiger partial charge in [0.1, 0.15) is 5.56 Å². The first-order chi connectivity index (χ1) is 9.06. The van der Waals surface area contributed by atoms with Crippen LogP contribution in [-0.4, -0.2) is 41.3 Å². The molecule has 1 aromatic rings. The number of guanidine groups is 1. The Hall–Kier alpha value is -2.34. The van der Waals surface area contributed by atoms with Crippen molar-refractivity contribution < 1.29 is 23.1 Å². The molecule has 2 amide bonds. The van der Waals surface area contributed by atoms with Gasteiger partial charge < -0.3 is 16.6 Å². The first-order valence-corrected chi connectivity index (χ1v) is 6.54. The number of sulfonamides is 1. The lowest BCUT2D eigenvalue weighted by Crippen LogP contribution is -2.34. The number of carbonyl (C=O) groups excluding carboxylic acids is 1. The molecule has 0 unspecified atom stereocenters. The van der Waals surface area contributed by atoms with Gasteiger partial charge in [-0.2, -0.15) is 18.5 Å². The number of hydrogen-bond donors (Lipinski definition) is 4. The second kappa shape index (κ2) is 5.34. The largest absolute Gasteiger partial charge is 0.477 e. The highest BCUT2D eigenvalue weighted by atomic mass is 35.5. The van der Waals surface area contributed by atoms with Gasteiger partial charge in [0, 0.05) is 7.05 Å². The molecular formula is C7H9ClN6O5S. The van der Waals surface area contributed by atoms with Crippen LogP contribution in [0.2, 0.25) is 5.15 Å². The number of rotatable bonds is 3. The molecule has 0 fully saturated rings. The summed E-state index contributed by atoms with van der Waals surface area (Å²) in [5, 5.41) is 11.0. The van der Waals surface area contributed by atoms with E-state index in [1.165, 1.54) is 4.72 Å². The number of nitrogens with zero attached hydrogens (tertiary/aromatic N) is 3. The molecule has 0 aliphatic rings. The van der Waals surface area contributed by atoms with Gasteiger partial charge in [-0.05, 0) is 0 Å². The summed E-state index contributed by atoms with van der Waals surface area (Å²) in [5.41, 5.74) is 9.03. The number of aryl methyl sites for hydroxylation is 1. The lowest BCUT2D eigenvalue weighted by molar-refractivity contribution is 0.0692. The highest BCUT2D eigenvalue weighted by Crippen LogP contribution is 2.22. The number of nitrogens with two attached hydrogens (primary N) is 2. The van der Waals surface area contributed by atoms with E-state index in [0.717, 1.165) is 7.05 Å². The summed E-state index contributed by atoms with van der Waals surface area (Å²) in [6.07, 6.45) is 0. The summed E-state index contributed by atoms with van der Waals surface area (Å²) in [5.74, 6) is -2.29. The maximum Gasteiger partial charge on any atom is 0.358 e. The number of carboxylic acid groups (broad SMARTS) is 1. The van der Waals surface area contributed by atoms with E-state index in [2.05, 4.69) is 10.1 Å². The molecule has 11 nitrogen and oxygen atoms in total. The van der Waals surface area contributed by atoms with Crippen molar-refractivity contribution in [1.82, 2.24) is 14.5 Å². The smallest absolute Gasteiger partial charge is 0.358 e. The molecule has 0 aliphatic carbocycles. The number of halogens is 1. The maximum atomic E-state index is 11.9. The maximum absolute atomic E-state index is 11.9. The van der Waals surface area contributed by atoms with E-state index < -0.39 is 43.7 Å². The monoisotopic (exact) mass is 324 g/mol. The summed E-state index contributed by atoms with van der Waals surface area (Å²) in [6, 6.07) is -1.39. The molecule has 0 radical (unpaired) electrons. The van der Waals surface area contributed by atoms with Gasteiger partial charge in [-0.3, -0.25) is 4.68 Å². The van der Waals surface area contributed by atoms with E-state index >= 15 is 0 Å². The number of nitrogens with one attached hydrogen (secondary N) is 1. The van der Waals surface area contributed by atoms with Gasteiger partial charge in [0.25, 0.3) is 10.0 Å². The van der Waals surface area contributed by atoms with E-state index in [4.69, 9.17) is 28.2 Å². The molecule has 0 aliphatic heterocycles. The number of aromatic carboxylic acids is 1. The molecule has 0 saturated heterocycles. The van der Waals surface area contributed by atoms with Crippen molar-refractivity contribution in [2.24, 2.45) is 23.5 Å². The molecule has 13 heteroatoms. The number of carboxylic acids is 1. The molecule has 20 heavy (non-hydrogen) atoms. The van der Waals surface area contributed by atoms with Gasteiger partial charge in [0.2, 0.25) is 0 Å². The Kier molecular flexibility index (Phi) is 4.20. The van der Waals surface area contributed by atoms with Crippen molar-refractivity contribution in [1.29, 1.82) is 0 Å². The molecule has 110 valence electrons. The molecule has 0 atom stereocenters. The predicted molar refractivity (Wildman–Crippen MR) is 66.7 cm³/mol. The van der Waals surface area contributed by atoms with Crippen LogP contribution in [0.5, 0.6) is 0 Å². The second-order valence-electron chi connectivity index (χ2n) is 3.35. The Bertz CT molecular complexity index is 704. The average Bonchev–Trinajstić information content (AvgIpc) is 2.51. The summed E-state index contributed by atoms with van der Waals surface area (Å²) >= 11 is 5.51. The first kappa shape index (κ1) is 15.7. The molecule has 1 heterocycles. The first-order valence-electron chi connectivity index (χ1n) is 4.68. The highest BCUT2D eigenvalue weighted by Gasteiger charge is 2.32. The van der Waals surface area contributed by atoms with Crippen LogP contribution < -0.4 is 16.2 Å². The molecule has 1 rings (SSSR count). The van der Waals surface area contributed by atoms with Crippen LogP contribution in [0.1, 0.15) is 10.4 Å². The van der Waals surface area contributed by atoms with Crippen LogP contribution in [0, 0.1) is 0 Å². The zero-order valence-electron chi connectivity index (χ0n) is 9.86. The van der Waals surface area contributed by atoms with E-state index in [1.54, 1.807) is 0 Å². The molecular weight excluding hydrogens is 316 g/mol. The highest BCUT2D eigenvalue weighted by molar-refractivity contribution is 7.90. The Morgan fingerprint density at radius 1 is 1.45 bits per heavy atom. The van der Waals surface area contributed by atoms with Gasteiger partial charge in [-0.1, -0.05) is 11.6 Å². The zero-order chi connectivity index (χ0) is 15.7. The fourth-order valence-electron chi connectivity index (χ4n) is 1.27. The fraction of sp³-hybridized carbons (Fsp3) is 0.143. The molecule has 0 saturated carbocycles. The van der Waals surface area contributed by atoms with Crippen molar-refractivity contribution in [2.75, 3.05) is 0 Å². The lowest BCUT2D eigenvalue weighted by atomic mass is 10.4. The SMILES string of the molecule is Cn1nc(Cl)c(C(=O)O)c1S(=O)(=O)NC(=O)N=C(N)N. The van der Waals surface area contributed by atoms with E-state index in [-0.39, 0.29) is 0 Å². The summed E-state index contributed by atoms with van der Waals surface area (Å²) in [7, 11) is -3.44. The third kappa shape index (κ3) is 3.16. The fourth-order valence-corrected chi connectivity index (χ4v) is 2.82. The predicted octanol–water partition coefficient (Wildman–Crippen LogP) is -1.56. The Balaban J connectivity index is 3.34. The third-order valence-electron chi connectivity index (χ3n) is 1.87. The number of aromatic nitrogens is 2. The molecule has 1 aromatic heterocycles. The van der Waals surface area contributed by atoms with Crippen LogP contribution >= 0.6 is 11.6 Å². The van der Waals surface area contributed by atoms with Crippen molar-refractivity contribution in [3.05, 3.63) is 10.7 Å². The summed E-state index contributed by atoms with van der Waals surface area (Å²) in [4.78, 5) is 25.1. The van der Waals surface area contributed by atoms with E-state index in [0.29, 0.717) is 4.68 Å². The van der Waals surface area contributed by atoms with Crippen molar-refractivity contribution in [3.63, 3.8) is 0 Å². The minimum Gasteiger partial charge on any atom is -0.477 e. The van der Waals surface area contributed by atoms with Crippen molar-refractivity contribution in [3.8, 4) is 0 Å². The normalized spacial score (nSPS) is 10.9. The van der Waals surface area contributed by atoms with Crippen LogP contribution in [-0.2, 0) is 17.1 Å². The quantitative estimate of drug-likeness (QED) is 0.380. The van der Waals surface area contributed by atoms with Crippen molar-refractivity contribution >= 4 is 39.6 Å². The Morgan fingerprint density at radius 2 is 2.00 bits per heavy atom. The molecule has 6 N–H and O–H groups in total. The van der Waals surface area contributed by atoms with Gasteiger partial charge in [-0.25, -0.2) is 14.3 Å². The molecule has 0 aromatic carbocycles. The van der Waals surface area contributed by atoms with Crippen LogP contribution in [0.15, 0.2) is 10.0 Å². The number of carbonyl (C=O) groups is 2. The van der Waals surface area contributed by atoms with E-state index in [1.807, 2.05) is 0 Å². The second-order valence-corrected chi connectivity index (χ2v) is 5.30. The number of urea groups is 1. The lowest BCUT2D eigenvalue weighted by Gasteiger charge is -2.05. The van der Waals surface area contributed by atoms with Gasteiger partial charge >= 0.3 is 12.0 Å².